The molecule has 1 N–H and O–H groups in total. The maximum absolute atomic E-state index is 12.5. The summed E-state index contributed by atoms with van der Waals surface area (Å²) in [5.74, 6) is -0.412. The third-order valence-electron chi connectivity index (χ3n) is 3.91. The number of pyridine rings is 1. The number of carbonyl (C=O) groups excluding carboxylic acids is 2. The molecule has 1 amide bonds. The van der Waals surface area contributed by atoms with Crippen LogP contribution in [0.25, 0.3) is 10.9 Å². The van der Waals surface area contributed by atoms with Gasteiger partial charge in [-0.15, -0.1) is 0 Å². The minimum absolute atomic E-state index is 0.0759. The molecule has 0 saturated carbocycles. The Morgan fingerprint density at radius 3 is 2.42 bits per heavy atom. The Bertz CT molecular complexity index is 875. The first-order valence-electron chi connectivity index (χ1n) is 7.84. The first-order valence-corrected chi connectivity index (χ1v) is 7.84. The molecule has 0 aliphatic rings. The zero-order valence-electron chi connectivity index (χ0n) is 13.4. The molecule has 2 aromatic carbocycles. The van der Waals surface area contributed by atoms with Gasteiger partial charge in [0.05, 0.1) is 11.6 Å². The molecule has 0 aliphatic heterocycles. The van der Waals surface area contributed by atoms with Gasteiger partial charge in [-0.25, -0.2) is 4.98 Å². The summed E-state index contributed by atoms with van der Waals surface area (Å²) in [6.45, 7) is 1.49. The number of carbonyl (C=O) groups is 2. The van der Waals surface area contributed by atoms with Crippen LogP contribution in [0.3, 0.4) is 0 Å². The summed E-state index contributed by atoms with van der Waals surface area (Å²) in [7, 11) is 0. The molecule has 3 aromatic rings. The molecule has 0 fully saturated rings. The number of fused-ring (bicyclic) bond motifs is 1. The molecule has 4 nitrogen and oxygen atoms in total. The summed E-state index contributed by atoms with van der Waals surface area (Å²) in [5, 5.41) is 3.77. The van der Waals surface area contributed by atoms with Crippen LogP contribution < -0.4 is 5.32 Å². The number of rotatable bonds is 5. The standard InChI is InChI=1S/C20H18N2O2/c1-14(23)19(13-15-7-3-2-4-8-15)22-20(24)18-12-11-16-9-5-6-10-17(16)21-18/h2-12,19H,13H2,1H3,(H,22,24). The van der Waals surface area contributed by atoms with E-state index in [1.807, 2.05) is 60.7 Å². The second-order valence-electron chi connectivity index (χ2n) is 5.72. The minimum Gasteiger partial charge on any atom is -0.341 e. The van der Waals surface area contributed by atoms with Crippen molar-refractivity contribution < 1.29 is 9.59 Å². The largest absolute Gasteiger partial charge is 0.341 e. The maximum Gasteiger partial charge on any atom is 0.270 e. The van der Waals surface area contributed by atoms with Crippen LogP contribution in [0.1, 0.15) is 23.0 Å². The number of ketones is 1. The summed E-state index contributed by atoms with van der Waals surface area (Å²) in [6, 6.07) is 20.2. The molecule has 1 heterocycles. The fourth-order valence-corrected chi connectivity index (χ4v) is 2.57. The van der Waals surface area contributed by atoms with E-state index in [2.05, 4.69) is 10.3 Å². The Kier molecular flexibility index (Phi) is 4.66. The van der Waals surface area contributed by atoms with Gasteiger partial charge in [0.15, 0.2) is 5.78 Å². The quantitative estimate of drug-likeness (QED) is 0.786. The van der Waals surface area contributed by atoms with Crippen molar-refractivity contribution in [1.82, 2.24) is 10.3 Å². The number of hydrogen-bond donors (Lipinski definition) is 1. The van der Waals surface area contributed by atoms with E-state index in [1.54, 1.807) is 6.07 Å². The van der Waals surface area contributed by atoms with Crippen LogP contribution in [0.4, 0.5) is 0 Å². The third-order valence-corrected chi connectivity index (χ3v) is 3.91. The zero-order valence-corrected chi connectivity index (χ0v) is 13.4. The lowest BCUT2D eigenvalue weighted by atomic mass is 10.0. The second kappa shape index (κ2) is 7.04. The highest BCUT2D eigenvalue weighted by Gasteiger charge is 2.19. The number of nitrogens with zero attached hydrogens (tertiary/aromatic N) is 1. The van der Waals surface area contributed by atoms with E-state index >= 15 is 0 Å². The van der Waals surface area contributed by atoms with Crippen LogP contribution in [0.15, 0.2) is 66.7 Å². The van der Waals surface area contributed by atoms with Crippen LogP contribution in [0.5, 0.6) is 0 Å². The molecule has 1 unspecified atom stereocenters. The Balaban J connectivity index is 1.78. The lowest BCUT2D eigenvalue weighted by Gasteiger charge is -2.16. The summed E-state index contributed by atoms with van der Waals surface area (Å²) < 4.78 is 0. The Labute approximate surface area is 140 Å². The molecule has 1 atom stereocenters. The van der Waals surface area contributed by atoms with Gasteiger partial charge in [-0.2, -0.15) is 0 Å². The molecule has 0 spiro atoms. The molecular weight excluding hydrogens is 300 g/mol. The summed E-state index contributed by atoms with van der Waals surface area (Å²) >= 11 is 0. The lowest BCUT2D eigenvalue weighted by molar-refractivity contribution is -0.118. The van der Waals surface area contributed by atoms with Crippen molar-refractivity contribution in [2.24, 2.45) is 0 Å². The van der Waals surface area contributed by atoms with Gasteiger partial charge in [0.25, 0.3) is 5.91 Å². The van der Waals surface area contributed by atoms with E-state index in [1.165, 1.54) is 6.92 Å². The van der Waals surface area contributed by atoms with Crippen molar-refractivity contribution in [3.63, 3.8) is 0 Å². The average molecular weight is 318 g/mol. The molecule has 0 saturated heterocycles. The summed E-state index contributed by atoms with van der Waals surface area (Å²) in [5.41, 5.74) is 2.07. The highest BCUT2D eigenvalue weighted by Crippen LogP contribution is 2.12. The SMILES string of the molecule is CC(=O)C(Cc1ccccc1)NC(=O)c1ccc2ccccc2n1. The van der Waals surface area contributed by atoms with Gasteiger partial charge in [-0.05, 0) is 31.0 Å². The highest BCUT2D eigenvalue weighted by atomic mass is 16.2. The number of amides is 1. The summed E-state index contributed by atoms with van der Waals surface area (Å²) in [6.07, 6.45) is 0.468. The van der Waals surface area contributed by atoms with Crippen LogP contribution in [0, 0.1) is 0 Å². The van der Waals surface area contributed by atoms with E-state index in [0.29, 0.717) is 12.1 Å². The Morgan fingerprint density at radius 2 is 1.67 bits per heavy atom. The number of para-hydroxylation sites is 1. The van der Waals surface area contributed by atoms with Crippen molar-refractivity contribution >= 4 is 22.6 Å². The maximum atomic E-state index is 12.5. The molecule has 1 aromatic heterocycles. The van der Waals surface area contributed by atoms with Crippen molar-refractivity contribution in [2.45, 2.75) is 19.4 Å². The van der Waals surface area contributed by atoms with Crippen molar-refractivity contribution in [2.75, 3.05) is 0 Å². The first-order chi connectivity index (χ1) is 11.6. The van der Waals surface area contributed by atoms with E-state index in [0.717, 1.165) is 16.5 Å². The number of hydrogen-bond acceptors (Lipinski definition) is 3. The minimum atomic E-state index is -0.562. The molecule has 4 heteroatoms. The predicted octanol–water partition coefficient (Wildman–Crippen LogP) is 3.16. The van der Waals surface area contributed by atoms with E-state index in [-0.39, 0.29) is 11.7 Å². The van der Waals surface area contributed by atoms with Gasteiger partial charge in [0.1, 0.15) is 5.69 Å². The van der Waals surface area contributed by atoms with Crippen LogP contribution in [-0.4, -0.2) is 22.7 Å². The molecule has 3 rings (SSSR count). The molecular formula is C20H18N2O2. The molecule has 24 heavy (non-hydrogen) atoms. The average Bonchev–Trinajstić information content (AvgIpc) is 2.61. The molecule has 120 valence electrons. The molecule has 0 radical (unpaired) electrons. The van der Waals surface area contributed by atoms with Gasteiger partial charge in [0, 0.05) is 5.39 Å². The molecule has 0 aliphatic carbocycles. The highest BCUT2D eigenvalue weighted by molar-refractivity contribution is 5.97. The Morgan fingerprint density at radius 1 is 0.958 bits per heavy atom. The number of aromatic nitrogens is 1. The fourth-order valence-electron chi connectivity index (χ4n) is 2.57. The normalized spacial score (nSPS) is 11.9. The monoisotopic (exact) mass is 318 g/mol. The number of benzene rings is 2. The predicted molar refractivity (Wildman–Crippen MR) is 93.8 cm³/mol. The third kappa shape index (κ3) is 3.66. The summed E-state index contributed by atoms with van der Waals surface area (Å²) in [4.78, 5) is 28.7. The van der Waals surface area contributed by atoms with Gasteiger partial charge in [-0.1, -0.05) is 54.6 Å². The van der Waals surface area contributed by atoms with Crippen molar-refractivity contribution in [3.05, 3.63) is 78.0 Å². The first kappa shape index (κ1) is 15.9. The van der Waals surface area contributed by atoms with Crippen molar-refractivity contribution in [1.29, 1.82) is 0 Å². The van der Waals surface area contributed by atoms with Crippen molar-refractivity contribution in [3.8, 4) is 0 Å². The van der Waals surface area contributed by atoms with Crippen LogP contribution in [-0.2, 0) is 11.2 Å². The number of Topliss-reactive ketones (excluding diaryl/α,β-unsaturated/α-hetero) is 1. The van der Waals surface area contributed by atoms with E-state index < -0.39 is 6.04 Å². The van der Waals surface area contributed by atoms with Gasteiger partial charge >= 0.3 is 0 Å². The van der Waals surface area contributed by atoms with E-state index in [9.17, 15) is 9.59 Å². The van der Waals surface area contributed by atoms with Crippen LogP contribution >= 0.6 is 0 Å². The van der Waals surface area contributed by atoms with Crippen LogP contribution in [0.2, 0.25) is 0 Å². The second-order valence-corrected chi connectivity index (χ2v) is 5.72. The zero-order chi connectivity index (χ0) is 16.9. The lowest BCUT2D eigenvalue weighted by Crippen LogP contribution is -2.41. The van der Waals surface area contributed by atoms with Gasteiger partial charge in [-0.3, -0.25) is 9.59 Å². The Hall–Kier alpha value is -3.01. The number of nitrogens with one attached hydrogen (secondary N) is 1. The van der Waals surface area contributed by atoms with Gasteiger partial charge < -0.3 is 5.32 Å². The molecule has 0 bridgehead atoms. The van der Waals surface area contributed by atoms with Gasteiger partial charge in [0.2, 0.25) is 0 Å². The van der Waals surface area contributed by atoms with E-state index in [4.69, 9.17) is 0 Å². The smallest absolute Gasteiger partial charge is 0.270 e. The fraction of sp³-hybridized carbons (Fsp3) is 0.150. The topological polar surface area (TPSA) is 59.1 Å².